The van der Waals surface area contributed by atoms with Crippen LogP contribution in [0, 0.1) is 6.92 Å². The van der Waals surface area contributed by atoms with Gasteiger partial charge in [0.15, 0.2) is 0 Å². The van der Waals surface area contributed by atoms with Gasteiger partial charge in [-0.25, -0.2) is 0 Å². The van der Waals surface area contributed by atoms with Crippen molar-refractivity contribution in [3.63, 3.8) is 0 Å². The van der Waals surface area contributed by atoms with E-state index in [1.54, 1.807) is 6.92 Å². The molecule has 1 rings (SSSR count). The van der Waals surface area contributed by atoms with Gasteiger partial charge in [0.1, 0.15) is 0 Å². The Morgan fingerprint density at radius 2 is 2.07 bits per heavy atom. The molecule has 1 N–H and O–H groups in total. The maximum Gasteiger partial charge on any atom is 0.0871 e. The lowest BCUT2D eigenvalue weighted by atomic mass is 10.1. The first-order chi connectivity index (χ1) is 6.36. The molecule has 0 atom stereocenters. The van der Waals surface area contributed by atoms with Crippen LogP contribution >= 0.6 is 0 Å². The first-order valence-corrected chi connectivity index (χ1v) is 4.62. The van der Waals surface area contributed by atoms with E-state index in [0.29, 0.717) is 5.71 Å². The third-order valence-corrected chi connectivity index (χ3v) is 2.13. The van der Waals surface area contributed by atoms with Crippen LogP contribution in [0.5, 0.6) is 0 Å². The van der Waals surface area contributed by atoms with Crippen LogP contribution < -0.4 is 0 Å². The van der Waals surface area contributed by atoms with Crippen LogP contribution in [0.4, 0.5) is 0 Å². The lowest BCUT2D eigenvalue weighted by molar-refractivity contribution is 0.319. The summed E-state index contributed by atoms with van der Waals surface area (Å²) in [6, 6.07) is 0. The van der Waals surface area contributed by atoms with Crippen LogP contribution in [0.2, 0.25) is 0 Å². The highest BCUT2D eigenvalue weighted by atomic mass is 16.4. The topological polar surface area (TPSA) is 50.4 Å². The van der Waals surface area contributed by atoms with E-state index in [4.69, 9.17) is 5.21 Å². The summed E-state index contributed by atoms with van der Waals surface area (Å²) in [5.74, 6) is 0. The minimum absolute atomic E-state index is 0.0429. The molecule has 4 heteroatoms. The van der Waals surface area contributed by atoms with Gasteiger partial charge in [-0.15, -0.1) is 0 Å². The average molecular weight is 195 g/mol. The monoisotopic (exact) mass is 195 g/mol. The van der Waals surface area contributed by atoms with E-state index < -0.39 is 0 Å². The lowest BCUT2D eigenvalue weighted by Crippen LogP contribution is -2.22. The van der Waals surface area contributed by atoms with Crippen LogP contribution in [0.15, 0.2) is 11.4 Å². The highest BCUT2D eigenvalue weighted by molar-refractivity contribution is 5.98. The predicted molar refractivity (Wildman–Crippen MR) is 56.0 cm³/mol. The number of aromatic nitrogens is 2. The molecule has 0 aliphatic heterocycles. The van der Waals surface area contributed by atoms with E-state index in [9.17, 15) is 0 Å². The van der Waals surface area contributed by atoms with Gasteiger partial charge >= 0.3 is 0 Å². The number of aryl methyl sites for hydroxylation is 1. The molecule has 0 aliphatic rings. The number of hydrogen-bond donors (Lipinski definition) is 1. The van der Waals surface area contributed by atoms with Crippen molar-refractivity contribution >= 4 is 5.71 Å². The quantitative estimate of drug-likeness (QED) is 0.424. The van der Waals surface area contributed by atoms with Crippen LogP contribution in [0.1, 0.15) is 39.0 Å². The molecule has 0 radical (unpaired) electrons. The van der Waals surface area contributed by atoms with Gasteiger partial charge in [0.25, 0.3) is 0 Å². The van der Waals surface area contributed by atoms with E-state index in [-0.39, 0.29) is 5.54 Å². The maximum atomic E-state index is 8.68. The smallest absolute Gasteiger partial charge is 0.0871 e. The van der Waals surface area contributed by atoms with Gasteiger partial charge in [0.05, 0.1) is 16.9 Å². The fraction of sp³-hybridized carbons (Fsp3) is 0.600. The second kappa shape index (κ2) is 3.44. The Morgan fingerprint density at radius 3 is 2.43 bits per heavy atom. The van der Waals surface area contributed by atoms with Crippen molar-refractivity contribution in [2.75, 3.05) is 0 Å². The minimum Gasteiger partial charge on any atom is -0.411 e. The molecule has 0 fully saturated rings. The average Bonchev–Trinajstić information content (AvgIpc) is 2.45. The SMILES string of the molecule is CC(=NO)c1cn(C(C)(C)C)nc1C. The molecule has 0 aromatic carbocycles. The van der Waals surface area contributed by atoms with Crippen LogP contribution in [-0.4, -0.2) is 20.7 Å². The van der Waals surface area contributed by atoms with E-state index >= 15 is 0 Å². The van der Waals surface area contributed by atoms with Crippen molar-refractivity contribution < 1.29 is 5.21 Å². The third kappa shape index (κ3) is 1.95. The summed E-state index contributed by atoms with van der Waals surface area (Å²) in [6.45, 7) is 9.90. The zero-order chi connectivity index (χ0) is 10.9. The normalized spacial score (nSPS) is 13.4. The molecule has 1 aromatic heterocycles. The molecule has 1 heterocycles. The molecule has 0 bridgehead atoms. The van der Waals surface area contributed by atoms with Crippen molar-refractivity contribution in [2.45, 2.75) is 40.2 Å². The van der Waals surface area contributed by atoms with Crippen molar-refractivity contribution in [1.29, 1.82) is 0 Å². The second-order valence-corrected chi connectivity index (χ2v) is 4.43. The zero-order valence-corrected chi connectivity index (χ0v) is 9.37. The van der Waals surface area contributed by atoms with E-state index in [1.165, 1.54) is 0 Å². The van der Waals surface area contributed by atoms with Gasteiger partial charge in [-0.1, -0.05) is 5.16 Å². The number of hydrogen-bond acceptors (Lipinski definition) is 3. The van der Waals surface area contributed by atoms with Crippen LogP contribution in [0.25, 0.3) is 0 Å². The molecule has 0 unspecified atom stereocenters. The molecule has 1 aromatic rings. The van der Waals surface area contributed by atoms with E-state index in [2.05, 4.69) is 31.0 Å². The van der Waals surface area contributed by atoms with Crippen molar-refractivity contribution in [2.24, 2.45) is 5.16 Å². The third-order valence-electron chi connectivity index (χ3n) is 2.13. The number of nitrogens with zero attached hydrogens (tertiary/aromatic N) is 3. The molecule has 14 heavy (non-hydrogen) atoms. The molecule has 0 saturated carbocycles. The van der Waals surface area contributed by atoms with Gasteiger partial charge in [0.2, 0.25) is 0 Å². The Kier molecular flexibility index (Phi) is 2.64. The van der Waals surface area contributed by atoms with E-state index in [0.717, 1.165) is 11.3 Å². The Hall–Kier alpha value is -1.32. The van der Waals surface area contributed by atoms with Crippen LogP contribution in [-0.2, 0) is 5.54 Å². The Bertz CT molecular complexity index is 358. The fourth-order valence-electron chi connectivity index (χ4n) is 1.21. The first-order valence-electron chi connectivity index (χ1n) is 4.62. The highest BCUT2D eigenvalue weighted by Crippen LogP contribution is 2.16. The molecule has 4 nitrogen and oxygen atoms in total. The standard InChI is InChI=1S/C10H17N3O/c1-7-9(8(2)12-14)6-13(11-7)10(3,4)5/h6,14H,1-5H3. The molecule has 0 amide bonds. The summed E-state index contributed by atoms with van der Waals surface area (Å²) in [7, 11) is 0. The Balaban J connectivity index is 3.18. The number of oxime groups is 1. The molecule has 0 aliphatic carbocycles. The second-order valence-electron chi connectivity index (χ2n) is 4.43. The molecular formula is C10H17N3O. The van der Waals surface area contributed by atoms with Crippen LogP contribution in [0.3, 0.4) is 0 Å². The van der Waals surface area contributed by atoms with Gasteiger partial charge in [-0.3, -0.25) is 4.68 Å². The maximum absolute atomic E-state index is 8.68. The Morgan fingerprint density at radius 1 is 1.50 bits per heavy atom. The fourth-order valence-corrected chi connectivity index (χ4v) is 1.21. The van der Waals surface area contributed by atoms with Gasteiger partial charge in [-0.05, 0) is 34.6 Å². The van der Waals surface area contributed by atoms with Gasteiger partial charge in [-0.2, -0.15) is 5.10 Å². The lowest BCUT2D eigenvalue weighted by Gasteiger charge is -2.18. The minimum atomic E-state index is -0.0429. The van der Waals surface area contributed by atoms with Gasteiger partial charge in [0, 0.05) is 11.8 Å². The zero-order valence-electron chi connectivity index (χ0n) is 9.37. The molecule has 0 spiro atoms. The summed E-state index contributed by atoms with van der Waals surface area (Å²) in [4.78, 5) is 0. The van der Waals surface area contributed by atoms with Gasteiger partial charge < -0.3 is 5.21 Å². The van der Waals surface area contributed by atoms with Crippen molar-refractivity contribution in [1.82, 2.24) is 9.78 Å². The largest absolute Gasteiger partial charge is 0.411 e. The van der Waals surface area contributed by atoms with Crippen molar-refractivity contribution in [3.8, 4) is 0 Å². The predicted octanol–water partition coefficient (Wildman–Crippen LogP) is 2.14. The van der Waals surface area contributed by atoms with Crippen molar-refractivity contribution in [3.05, 3.63) is 17.5 Å². The molecular weight excluding hydrogens is 178 g/mol. The molecule has 78 valence electrons. The highest BCUT2D eigenvalue weighted by Gasteiger charge is 2.17. The summed E-state index contributed by atoms with van der Waals surface area (Å²) in [6.07, 6.45) is 1.91. The Labute approximate surface area is 84.2 Å². The number of rotatable bonds is 1. The summed E-state index contributed by atoms with van der Waals surface area (Å²) in [5.41, 5.74) is 2.33. The first kappa shape index (κ1) is 10.8. The molecule has 0 saturated heterocycles. The summed E-state index contributed by atoms with van der Waals surface area (Å²) in [5, 5.41) is 16.2. The summed E-state index contributed by atoms with van der Waals surface area (Å²) < 4.78 is 1.88. The van der Waals surface area contributed by atoms with E-state index in [1.807, 2.05) is 17.8 Å². The summed E-state index contributed by atoms with van der Waals surface area (Å²) >= 11 is 0.